The molecule has 2 heterocycles. The van der Waals surface area contributed by atoms with Gasteiger partial charge in [0.1, 0.15) is 0 Å². The zero-order valence-corrected chi connectivity index (χ0v) is 15.9. The highest BCUT2D eigenvalue weighted by molar-refractivity contribution is 5.98. The molecule has 3 aromatic rings. The van der Waals surface area contributed by atoms with Gasteiger partial charge in [0.25, 0.3) is 11.6 Å². The summed E-state index contributed by atoms with van der Waals surface area (Å²) in [6.07, 6.45) is 1.03. The Kier molecular flexibility index (Phi) is 5.30. The van der Waals surface area contributed by atoms with Gasteiger partial charge in [-0.2, -0.15) is 4.98 Å². The monoisotopic (exact) mass is 366 g/mol. The van der Waals surface area contributed by atoms with Gasteiger partial charge in [-0.15, -0.1) is 5.10 Å². The van der Waals surface area contributed by atoms with Crippen molar-refractivity contribution in [1.29, 1.82) is 0 Å². The Balaban J connectivity index is 1.66. The molecule has 0 N–H and O–H groups in total. The Bertz CT molecular complexity index is 992. The first-order chi connectivity index (χ1) is 12.9. The fraction of sp³-hybridized carbons (Fsp3) is 0.350. The molecule has 0 aliphatic carbocycles. The molecule has 2 aromatic heterocycles. The van der Waals surface area contributed by atoms with Gasteiger partial charge in [-0.1, -0.05) is 38.1 Å². The number of carbonyl (C=O) groups is 2. The molecule has 0 saturated carbocycles. The summed E-state index contributed by atoms with van der Waals surface area (Å²) in [6.45, 7) is 7.58. The van der Waals surface area contributed by atoms with E-state index in [0.717, 1.165) is 17.8 Å². The van der Waals surface area contributed by atoms with E-state index in [0.29, 0.717) is 17.3 Å². The van der Waals surface area contributed by atoms with Crippen LogP contribution >= 0.6 is 0 Å². The highest BCUT2D eigenvalue weighted by atomic mass is 16.5. The highest BCUT2D eigenvalue weighted by Crippen LogP contribution is 2.19. The lowest BCUT2D eigenvalue weighted by Gasteiger charge is -2.09. The van der Waals surface area contributed by atoms with E-state index in [-0.39, 0.29) is 18.2 Å². The molecule has 140 valence electrons. The lowest BCUT2D eigenvalue weighted by Crippen LogP contribution is -2.15. The molecular weight excluding hydrogens is 344 g/mol. The van der Waals surface area contributed by atoms with Gasteiger partial charge in [-0.05, 0) is 37.8 Å². The first-order valence-corrected chi connectivity index (χ1v) is 8.90. The normalized spacial score (nSPS) is 12.1. The van der Waals surface area contributed by atoms with Crippen LogP contribution in [0.1, 0.15) is 64.1 Å². The number of carbonyl (C=O) groups excluding carboxylic acids is 2. The second-order valence-corrected chi connectivity index (χ2v) is 6.62. The number of aromatic nitrogens is 4. The van der Waals surface area contributed by atoms with E-state index in [9.17, 15) is 9.59 Å². The molecule has 7 heteroatoms. The summed E-state index contributed by atoms with van der Waals surface area (Å²) in [5.74, 6) is -0.369. The smallest absolute Gasteiger partial charge is 0.378 e. The van der Waals surface area contributed by atoms with Gasteiger partial charge in [0, 0.05) is 17.0 Å². The molecule has 0 aliphatic rings. The molecule has 0 aliphatic heterocycles. The van der Waals surface area contributed by atoms with E-state index < -0.39 is 5.97 Å². The van der Waals surface area contributed by atoms with Gasteiger partial charge in [0.05, 0.1) is 0 Å². The molecule has 27 heavy (non-hydrogen) atoms. The lowest BCUT2D eigenvalue weighted by atomic mass is 9.97. The molecule has 1 aromatic carbocycles. The van der Waals surface area contributed by atoms with E-state index in [2.05, 4.69) is 28.9 Å². The third kappa shape index (κ3) is 4.02. The van der Waals surface area contributed by atoms with Crippen molar-refractivity contribution in [3.63, 3.8) is 0 Å². The van der Waals surface area contributed by atoms with Crippen molar-refractivity contribution in [2.24, 2.45) is 0 Å². The number of esters is 1. The number of hydrogen-bond donors (Lipinski definition) is 0. The standard InChI is InChI=1S/C20H22N4O3/c1-5-12(2)15-6-8-16(9-7-15)17(25)11-27-19(26)18-22-20-21-13(3)10-14(4)24(20)23-18/h6-10,12H,5,11H2,1-4H3/t12-/m0/s1. The van der Waals surface area contributed by atoms with Crippen LogP contribution in [-0.2, 0) is 4.74 Å². The maximum atomic E-state index is 12.3. The maximum Gasteiger partial charge on any atom is 0.378 e. The number of benzene rings is 1. The number of Topliss-reactive ketones (excluding diaryl/α,β-unsaturated/α-hetero) is 1. The summed E-state index contributed by atoms with van der Waals surface area (Å²) in [5.41, 5.74) is 3.27. The molecule has 0 amide bonds. The second kappa shape index (κ2) is 7.65. The predicted octanol–water partition coefficient (Wildman–Crippen LogP) is 3.29. The van der Waals surface area contributed by atoms with Gasteiger partial charge >= 0.3 is 5.97 Å². The molecule has 3 rings (SSSR count). The number of ether oxygens (including phenoxy) is 1. The Hall–Kier alpha value is -3.09. The SMILES string of the molecule is CC[C@H](C)c1ccc(C(=O)COC(=O)c2nc3nc(C)cc(C)n3n2)cc1. The molecular formula is C20H22N4O3. The fourth-order valence-electron chi connectivity index (χ4n) is 2.76. The summed E-state index contributed by atoms with van der Waals surface area (Å²) in [5, 5.41) is 4.10. The minimum Gasteiger partial charge on any atom is -0.451 e. The molecule has 0 fully saturated rings. The third-order valence-electron chi connectivity index (χ3n) is 4.55. The average Bonchev–Trinajstić information content (AvgIpc) is 3.09. The van der Waals surface area contributed by atoms with Gasteiger partial charge < -0.3 is 4.74 Å². The van der Waals surface area contributed by atoms with Crippen LogP contribution in [-0.4, -0.2) is 37.9 Å². The molecule has 7 nitrogen and oxygen atoms in total. The lowest BCUT2D eigenvalue weighted by molar-refractivity contribution is 0.0463. The van der Waals surface area contributed by atoms with Crippen LogP contribution in [0.4, 0.5) is 0 Å². The van der Waals surface area contributed by atoms with E-state index in [1.54, 1.807) is 12.1 Å². The van der Waals surface area contributed by atoms with Crippen LogP contribution in [0.25, 0.3) is 5.78 Å². The number of rotatable bonds is 6. The molecule has 0 bridgehead atoms. The van der Waals surface area contributed by atoms with Crippen LogP contribution in [0, 0.1) is 13.8 Å². The van der Waals surface area contributed by atoms with Crippen LogP contribution in [0.15, 0.2) is 30.3 Å². The number of hydrogen-bond acceptors (Lipinski definition) is 6. The minimum atomic E-state index is -0.748. The molecule has 0 unspecified atom stereocenters. The van der Waals surface area contributed by atoms with Crippen LogP contribution < -0.4 is 0 Å². The second-order valence-electron chi connectivity index (χ2n) is 6.62. The summed E-state index contributed by atoms with van der Waals surface area (Å²) >= 11 is 0. The Morgan fingerprint density at radius 3 is 2.52 bits per heavy atom. The van der Waals surface area contributed by atoms with Crippen molar-refractivity contribution in [3.8, 4) is 0 Å². The fourth-order valence-corrected chi connectivity index (χ4v) is 2.76. The van der Waals surface area contributed by atoms with E-state index in [1.165, 1.54) is 10.1 Å². The summed E-state index contributed by atoms with van der Waals surface area (Å²) in [6, 6.07) is 9.23. The molecule has 0 radical (unpaired) electrons. The topological polar surface area (TPSA) is 86.5 Å². The average molecular weight is 366 g/mol. The number of aryl methyl sites for hydroxylation is 2. The summed E-state index contributed by atoms with van der Waals surface area (Å²) in [7, 11) is 0. The first kappa shape index (κ1) is 18.7. The van der Waals surface area contributed by atoms with Crippen molar-refractivity contribution in [3.05, 3.63) is 58.7 Å². The zero-order valence-electron chi connectivity index (χ0n) is 15.9. The van der Waals surface area contributed by atoms with Gasteiger partial charge in [-0.25, -0.2) is 14.3 Å². The highest BCUT2D eigenvalue weighted by Gasteiger charge is 2.18. The molecule has 0 spiro atoms. The van der Waals surface area contributed by atoms with Gasteiger partial charge in [0.15, 0.2) is 12.4 Å². The van der Waals surface area contributed by atoms with Gasteiger partial charge in [0.2, 0.25) is 0 Å². The van der Waals surface area contributed by atoms with Crippen molar-refractivity contribution < 1.29 is 14.3 Å². The minimum absolute atomic E-state index is 0.115. The number of ketones is 1. The van der Waals surface area contributed by atoms with Crippen molar-refractivity contribution in [2.75, 3.05) is 6.61 Å². The summed E-state index contributed by atoms with van der Waals surface area (Å²) < 4.78 is 6.56. The largest absolute Gasteiger partial charge is 0.451 e. The van der Waals surface area contributed by atoms with E-state index >= 15 is 0 Å². The predicted molar refractivity (Wildman–Crippen MR) is 100 cm³/mol. The third-order valence-corrected chi connectivity index (χ3v) is 4.55. The van der Waals surface area contributed by atoms with Gasteiger partial charge in [-0.3, -0.25) is 4.79 Å². The van der Waals surface area contributed by atoms with E-state index in [1.807, 2.05) is 32.0 Å². The molecule has 0 saturated heterocycles. The van der Waals surface area contributed by atoms with Crippen LogP contribution in [0.5, 0.6) is 0 Å². The number of nitrogens with zero attached hydrogens (tertiary/aromatic N) is 4. The van der Waals surface area contributed by atoms with Crippen molar-refractivity contribution >= 4 is 17.5 Å². The van der Waals surface area contributed by atoms with Crippen LogP contribution in [0.2, 0.25) is 0 Å². The Labute approximate surface area is 157 Å². The number of fused-ring (bicyclic) bond motifs is 1. The van der Waals surface area contributed by atoms with Crippen LogP contribution in [0.3, 0.4) is 0 Å². The molecule has 1 atom stereocenters. The van der Waals surface area contributed by atoms with Crippen molar-refractivity contribution in [1.82, 2.24) is 19.6 Å². The first-order valence-electron chi connectivity index (χ1n) is 8.90. The van der Waals surface area contributed by atoms with Crippen molar-refractivity contribution in [2.45, 2.75) is 40.0 Å². The zero-order chi connectivity index (χ0) is 19.6. The Morgan fingerprint density at radius 1 is 1.15 bits per heavy atom. The Morgan fingerprint density at radius 2 is 1.85 bits per heavy atom. The van der Waals surface area contributed by atoms with E-state index in [4.69, 9.17) is 4.74 Å². The maximum absolute atomic E-state index is 12.3. The quantitative estimate of drug-likeness (QED) is 0.491. The summed E-state index contributed by atoms with van der Waals surface area (Å²) in [4.78, 5) is 32.8.